The largest absolute Gasteiger partial charge is 0.481 e. The number of aliphatic carboxylic acids is 1. The normalized spacial score (nSPS) is 20.0. The second-order valence-corrected chi connectivity index (χ2v) is 9.31. The van der Waals surface area contributed by atoms with Crippen LogP contribution in [-0.2, 0) is 14.3 Å². The molecule has 3 atom stereocenters. The van der Waals surface area contributed by atoms with E-state index in [0.717, 1.165) is 24.0 Å². The Balaban J connectivity index is 1.35. The number of fused-ring (bicyclic) bond motifs is 3. The van der Waals surface area contributed by atoms with Crippen LogP contribution >= 0.6 is 0 Å². The molecule has 7 heteroatoms. The van der Waals surface area contributed by atoms with Crippen molar-refractivity contribution in [3.05, 3.63) is 59.7 Å². The van der Waals surface area contributed by atoms with Crippen LogP contribution in [0.15, 0.2) is 48.5 Å². The summed E-state index contributed by atoms with van der Waals surface area (Å²) in [6.45, 7) is 2.04. The van der Waals surface area contributed by atoms with Gasteiger partial charge in [-0.1, -0.05) is 61.4 Å². The topological polar surface area (TPSA) is 105 Å². The summed E-state index contributed by atoms with van der Waals surface area (Å²) in [6, 6.07) is 15.8. The van der Waals surface area contributed by atoms with Crippen molar-refractivity contribution in [1.29, 1.82) is 0 Å². The van der Waals surface area contributed by atoms with Gasteiger partial charge in [-0.2, -0.15) is 0 Å². The van der Waals surface area contributed by atoms with Crippen molar-refractivity contribution in [2.75, 3.05) is 6.61 Å². The first-order valence-electron chi connectivity index (χ1n) is 12.1. The zero-order chi connectivity index (χ0) is 24.1. The van der Waals surface area contributed by atoms with Crippen LogP contribution < -0.4 is 10.6 Å². The zero-order valence-corrected chi connectivity index (χ0v) is 19.5. The van der Waals surface area contributed by atoms with Crippen LogP contribution in [-0.4, -0.2) is 41.8 Å². The number of benzene rings is 2. The molecule has 1 saturated carbocycles. The summed E-state index contributed by atoms with van der Waals surface area (Å²) in [4.78, 5) is 36.3. The Kier molecular flexibility index (Phi) is 7.50. The zero-order valence-electron chi connectivity index (χ0n) is 19.5. The molecule has 2 aromatic rings. The molecule has 0 saturated heterocycles. The van der Waals surface area contributed by atoms with E-state index >= 15 is 0 Å². The Morgan fingerprint density at radius 1 is 1.00 bits per heavy atom. The van der Waals surface area contributed by atoms with Crippen molar-refractivity contribution in [1.82, 2.24) is 10.6 Å². The third kappa shape index (κ3) is 5.41. The summed E-state index contributed by atoms with van der Waals surface area (Å²) in [5.74, 6) is -1.38. The molecule has 2 amide bonds. The number of carboxylic acids is 1. The number of carbonyl (C=O) groups excluding carboxylic acids is 2. The van der Waals surface area contributed by atoms with E-state index in [1.807, 2.05) is 24.3 Å². The quantitative estimate of drug-likeness (QED) is 0.535. The first-order valence-corrected chi connectivity index (χ1v) is 12.1. The number of hydrogen-bond acceptors (Lipinski definition) is 4. The second-order valence-electron chi connectivity index (χ2n) is 9.31. The Morgan fingerprint density at radius 2 is 1.62 bits per heavy atom. The van der Waals surface area contributed by atoms with Crippen molar-refractivity contribution in [3.8, 4) is 11.1 Å². The summed E-state index contributed by atoms with van der Waals surface area (Å²) in [7, 11) is 0. The lowest BCUT2D eigenvalue weighted by atomic mass is 9.83. The smallest absolute Gasteiger partial charge is 0.407 e. The fraction of sp³-hybridized carbons (Fsp3) is 0.444. The van der Waals surface area contributed by atoms with Crippen LogP contribution in [0.25, 0.3) is 11.1 Å². The average Bonchev–Trinajstić information content (AvgIpc) is 3.15. The molecule has 3 N–H and O–H groups in total. The van der Waals surface area contributed by atoms with E-state index in [-0.39, 0.29) is 42.9 Å². The second kappa shape index (κ2) is 10.7. The van der Waals surface area contributed by atoms with Gasteiger partial charge in [0.1, 0.15) is 6.61 Å². The van der Waals surface area contributed by atoms with E-state index in [9.17, 15) is 14.4 Å². The third-order valence-corrected chi connectivity index (χ3v) is 6.93. The third-order valence-electron chi connectivity index (χ3n) is 6.93. The van der Waals surface area contributed by atoms with E-state index in [4.69, 9.17) is 9.84 Å². The van der Waals surface area contributed by atoms with Crippen LogP contribution in [0.3, 0.4) is 0 Å². The number of ether oxygens (including phenoxy) is 1. The number of nitrogens with one attached hydrogen (secondary N) is 2. The average molecular weight is 465 g/mol. The summed E-state index contributed by atoms with van der Waals surface area (Å²) >= 11 is 0. The van der Waals surface area contributed by atoms with Crippen LogP contribution in [0.1, 0.15) is 62.5 Å². The number of rotatable bonds is 8. The SMILES string of the molecule is CC(CCC(=O)O)NC(=O)[C@@H]1CCCC[C@@H]1NC(=O)OCC1c2ccccc2-c2ccccc21. The monoisotopic (exact) mass is 464 g/mol. The Hall–Kier alpha value is -3.35. The van der Waals surface area contributed by atoms with Gasteiger partial charge in [0, 0.05) is 24.4 Å². The molecule has 0 spiro atoms. The lowest BCUT2D eigenvalue weighted by molar-refractivity contribution is -0.137. The molecule has 0 aromatic heterocycles. The molecule has 1 unspecified atom stereocenters. The predicted molar refractivity (Wildman–Crippen MR) is 128 cm³/mol. The molecule has 34 heavy (non-hydrogen) atoms. The van der Waals surface area contributed by atoms with Gasteiger partial charge in [-0.05, 0) is 48.4 Å². The fourth-order valence-corrected chi connectivity index (χ4v) is 5.17. The molecule has 7 nitrogen and oxygen atoms in total. The molecule has 0 aliphatic heterocycles. The Bertz CT molecular complexity index is 1010. The van der Waals surface area contributed by atoms with E-state index in [1.165, 1.54) is 11.1 Å². The lowest BCUT2D eigenvalue weighted by Gasteiger charge is -2.32. The highest BCUT2D eigenvalue weighted by molar-refractivity contribution is 5.81. The van der Waals surface area contributed by atoms with E-state index in [0.29, 0.717) is 19.3 Å². The van der Waals surface area contributed by atoms with Gasteiger partial charge in [0.25, 0.3) is 0 Å². The number of hydrogen-bond donors (Lipinski definition) is 3. The van der Waals surface area contributed by atoms with Gasteiger partial charge >= 0.3 is 12.1 Å². The summed E-state index contributed by atoms with van der Waals surface area (Å²) < 4.78 is 5.67. The van der Waals surface area contributed by atoms with Crippen LogP contribution in [0.5, 0.6) is 0 Å². The summed E-state index contributed by atoms with van der Waals surface area (Å²) in [5.41, 5.74) is 4.66. The van der Waals surface area contributed by atoms with E-state index in [2.05, 4.69) is 34.9 Å². The van der Waals surface area contributed by atoms with Gasteiger partial charge in [0.15, 0.2) is 0 Å². The molecule has 0 bridgehead atoms. The summed E-state index contributed by atoms with van der Waals surface area (Å²) in [6.07, 6.45) is 3.13. The molecular weight excluding hydrogens is 432 g/mol. The maximum atomic E-state index is 12.8. The van der Waals surface area contributed by atoms with E-state index < -0.39 is 12.1 Å². The molecule has 2 aliphatic rings. The van der Waals surface area contributed by atoms with Gasteiger partial charge in [0.2, 0.25) is 5.91 Å². The van der Waals surface area contributed by atoms with Crippen molar-refractivity contribution in [2.45, 2.75) is 63.5 Å². The van der Waals surface area contributed by atoms with Crippen molar-refractivity contribution in [3.63, 3.8) is 0 Å². The van der Waals surface area contributed by atoms with Crippen molar-refractivity contribution in [2.24, 2.45) is 5.92 Å². The van der Waals surface area contributed by atoms with Gasteiger partial charge in [-0.15, -0.1) is 0 Å². The molecule has 2 aliphatic carbocycles. The highest BCUT2D eigenvalue weighted by Crippen LogP contribution is 2.44. The van der Waals surface area contributed by atoms with Gasteiger partial charge in [-0.25, -0.2) is 4.79 Å². The van der Waals surface area contributed by atoms with Gasteiger partial charge in [0.05, 0.1) is 5.92 Å². The van der Waals surface area contributed by atoms with Gasteiger partial charge < -0.3 is 20.5 Å². The molecule has 1 fully saturated rings. The standard InChI is InChI=1S/C27H32N2O5/c1-17(14-15-25(30)31)28-26(32)22-12-6-7-13-24(22)29-27(33)34-16-23-20-10-4-2-8-18(20)19-9-3-5-11-21(19)23/h2-5,8-11,17,22-24H,6-7,12-16H2,1H3,(H,28,32)(H,29,33)(H,30,31)/t17?,22-,24+/m1/s1. The predicted octanol–water partition coefficient (Wildman–Crippen LogP) is 4.45. The van der Waals surface area contributed by atoms with Crippen molar-refractivity contribution < 1.29 is 24.2 Å². The Labute approximate surface area is 199 Å². The first-order chi connectivity index (χ1) is 16.4. The summed E-state index contributed by atoms with van der Waals surface area (Å²) in [5, 5.41) is 14.7. The van der Waals surface area contributed by atoms with Crippen LogP contribution in [0, 0.1) is 5.92 Å². The minimum absolute atomic E-state index is 0.00748. The number of carbonyl (C=O) groups is 3. The number of carboxylic acid groups (broad SMARTS) is 1. The first kappa shape index (κ1) is 23.8. The molecule has 4 rings (SSSR count). The number of amides is 2. The van der Waals surface area contributed by atoms with Crippen LogP contribution in [0.2, 0.25) is 0 Å². The van der Waals surface area contributed by atoms with Gasteiger partial charge in [-0.3, -0.25) is 9.59 Å². The lowest BCUT2D eigenvalue weighted by Crippen LogP contribution is -2.50. The maximum absolute atomic E-state index is 12.8. The maximum Gasteiger partial charge on any atom is 0.407 e. The highest BCUT2D eigenvalue weighted by atomic mass is 16.5. The minimum atomic E-state index is -0.881. The molecule has 0 radical (unpaired) electrons. The molecule has 180 valence electrons. The van der Waals surface area contributed by atoms with Crippen molar-refractivity contribution >= 4 is 18.0 Å². The Morgan fingerprint density at radius 3 is 2.26 bits per heavy atom. The fourth-order valence-electron chi connectivity index (χ4n) is 5.17. The molecular formula is C27H32N2O5. The number of alkyl carbamates (subject to hydrolysis) is 1. The molecule has 0 heterocycles. The molecule has 2 aromatic carbocycles. The highest BCUT2D eigenvalue weighted by Gasteiger charge is 2.34. The van der Waals surface area contributed by atoms with Crippen LogP contribution in [0.4, 0.5) is 4.79 Å². The van der Waals surface area contributed by atoms with E-state index in [1.54, 1.807) is 6.92 Å². The minimum Gasteiger partial charge on any atom is -0.481 e.